The number of H-pyrrole nitrogens is 1. The van der Waals surface area contributed by atoms with E-state index in [0.717, 1.165) is 17.6 Å². The lowest BCUT2D eigenvalue weighted by atomic mass is 10.1. The zero-order valence-electron chi connectivity index (χ0n) is 14.4. The molecule has 0 bridgehead atoms. The van der Waals surface area contributed by atoms with Crippen LogP contribution in [0.4, 0.5) is 0 Å². The summed E-state index contributed by atoms with van der Waals surface area (Å²) in [6.45, 7) is 7.16. The summed E-state index contributed by atoms with van der Waals surface area (Å²) in [5.41, 5.74) is 3.44. The molecule has 6 nitrogen and oxygen atoms in total. The topological polar surface area (TPSA) is 74.4 Å². The number of aryl methyl sites for hydroxylation is 1. The molecule has 1 unspecified atom stereocenters. The Labute approximate surface area is 146 Å². The number of nitrogens with one attached hydrogen (secondary N) is 2. The summed E-state index contributed by atoms with van der Waals surface area (Å²) in [4.78, 5) is 29.0. The number of aromatic amines is 1. The summed E-state index contributed by atoms with van der Waals surface area (Å²) < 4.78 is 5.50. The van der Waals surface area contributed by atoms with Crippen molar-refractivity contribution >= 4 is 22.7 Å². The van der Waals surface area contributed by atoms with E-state index in [1.807, 2.05) is 25.1 Å². The smallest absolute Gasteiger partial charge is 0.251 e. The van der Waals surface area contributed by atoms with Crippen molar-refractivity contribution in [2.24, 2.45) is 0 Å². The molecule has 1 aromatic heterocycles. The van der Waals surface area contributed by atoms with Gasteiger partial charge in [0.05, 0.1) is 13.2 Å². The molecule has 1 atom stereocenters. The molecule has 0 spiro atoms. The Bertz CT molecular complexity index is 796. The standard InChI is InChI=1S/C19H23N3O3/c1-3-18(23)22-10-11-25-17(12-22)19(24)20-9-8-14-13(2)21-16-7-5-4-6-15(14)16/h3-7,17,21H,1,8-12H2,2H3,(H,20,24). The van der Waals surface area contributed by atoms with E-state index in [1.165, 1.54) is 17.0 Å². The van der Waals surface area contributed by atoms with Crippen molar-refractivity contribution in [2.75, 3.05) is 26.2 Å². The minimum Gasteiger partial charge on any atom is -0.365 e. The lowest BCUT2D eigenvalue weighted by molar-refractivity contribution is -0.144. The van der Waals surface area contributed by atoms with E-state index in [0.29, 0.717) is 19.7 Å². The molecule has 1 aliphatic rings. The van der Waals surface area contributed by atoms with Gasteiger partial charge in [-0.1, -0.05) is 24.8 Å². The van der Waals surface area contributed by atoms with E-state index in [-0.39, 0.29) is 18.4 Å². The maximum absolute atomic E-state index is 12.3. The quantitative estimate of drug-likeness (QED) is 0.811. The van der Waals surface area contributed by atoms with E-state index in [1.54, 1.807) is 4.90 Å². The first-order valence-corrected chi connectivity index (χ1v) is 8.47. The summed E-state index contributed by atoms with van der Waals surface area (Å²) in [6, 6.07) is 8.14. The van der Waals surface area contributed by atoms with Gasteiger partial charge in [0.15, 0.2) is 6.10 Å². The van der Waals surface area contributed by atoms with Gasteiger partial charge in [-0.25, -0.2) is 0 Å². The highest BCUT2D eigenvalue weighted by Crippen LogP contribution is 2.21. The molecule has 2 heterocycles. The van der Waals surface area contributed by atoms with E-state index in [9.17, 15) is 9.59 Å². The maximum atomic E-state index is 12.3. The van der Waals surface area contributed by atoms with Crippen molar-refractivity contribution in [3.63, 3.8) is 0 Å². The Kier molecular flexibility index (Phi) is 5.19. The van der Waals surface area contributed by atoms with Gasteiger partial charge in [-0.05, 0) is 31.1 Å². The predicted molar refractivity (Wildman–Crippen MR) is 96.3 cm³/mol. The van der Waals surface area contributed by atoms with Crippen LogP contribution in [0.2, 0.25) is 0 Å². The first-order valence-electron chi connectivity index (χ1n) is 8.47. The average molecular weight is 341 g/mol. The molecule has 6 heteroatoms. The predicted octanol–water partition coefficient (Wildman–Crippen LogP) is 1.55. The zero-order chi connectivity index (χ0) is 17.8. The molecule has 1 saturated heterocycles. The molecule has 25 heavy (non-hydrogen) atoms. The Morgan fingerprint density at radius 2 is 2.24 bits per heavy atom. The molecular weight excluding hydrogens is 318 g/mol. The molecule has 1 aliphatic heterocycles. The Balaban J connectivity index is 1.56. The van der Waals surface area contributed by atoms with E-state index in [2.05, 4.69) is 22.9 Å². The number of hydrogen-bond donors (Lipinski definition) is 2. The number of rotatable bonds is 5. The molecular formula is C19H23N3O3. The number of benzene rings is 1. The number of para-hydroxylation sites is 1. The molecule has 2 N–H and O–H groups in total. The fourth-order valence-electron chi connectivity index (χ4n) is 3.22. The van der Waals surface area contributed by atoms with Crippen LogP contribution in [0.3, 0.4) is 0 Å². The highest BCUT2D eigenvalue weighted by Gasteiger charge is 2.28. The number of nitrogens with zero attached hydrogens (tertiary/aromatic N) is 1. The van der Waals surface area contributed by atoms with Crippen molar-refractivity contribution in [1.82, 2.24) is 15.2 Å². The van der Waals surface area contributed by atoms with Crippen LogP contribution >= 0.6 is 0 Å². The van der Waals surface area contributed by atoms with E-state index >= 15 is 0 Å². The van der Waals surface area contributed by atoms with Gasteiger partial charge >= 0.3 is 0 Å². The van der Waals surface area contributed by atoms with Gasteiger partial charge in [0, 0.05) is 29.7 Å². The monoisotopic (exact) mass is 341 g/mol. The number of hydrogen-bond acceptors (Lipinski definition) is 3. The normalized spacial score (nSPS) is 17.5. The SMILES string of the molecule is C=CC(=O)N1CCOC(C(=O)NCCc2c(C)[nH]c3ccccc23)C1. The highest BCUT2D eigenvalue weighted by molar-refractivity contribution is 5.88. The molecule has 132 valence electrons. The number of morpholine rings is 1. The number of aromatic nitrogens is 1. The molecule has 3 rings (SSSR count). The Morgan fingerprint density at radius 3 is 3.04 bits per heavy atom. The number of fused-ring (bicyclic) bond motifs is 1. The lowest BCUT2D eigenvalue weighted by Crippen LogP contribution is -2.51. The second-order valence-electron chi connectivity index (χ2n) is 6.16. The van der Waals surface area contributed by atoms with Crippen molar-refractivity contribution in [3.8, 4) is 0 Å². The fourth-order valence-corrected chi connectivity index (χ4v) is 3.22. The first kappa shape index (κ1) is 17.2. The van der Waals surface area contributed by atoms with Crippen molar-refractivity contribution in [2.45, 2.75) is 19.4 Å². The zero-order valence-corrected chi connectivity index (χ0v) is 14.4. The van der Waals surface area contributed by atoms with Gasteiger partial charge in [-0.2, -0.15) is 0 Å². The first-order chi connectivity index (χ1) is 12.1. The van der Waals surface area contributed by atoms with Gasteiger partial charge in [-0.15, -0.1) is 0 Å². The number of amides is 2. The molecule has 2 aromatic rings. The van der Waals surface area contributed by atoms with Gasteiger partial charge in [0.1, 0.15) is 0 Å². The van der Waals surface area contributed by atoms with Crippen LogP contribution in [0, 0.1) is 6.92 Å². The minimum absolute atomic E-state index is 0.171. The third-order valence-electron chi connectivity index (χ3n) is 4.55. The number of carbonyl (C=O) groups excluding carboxylic acids is 2. The molecule has 2 amide bonds. The molecule has 1 fully saturated rings. The largest absolute Gasteiger partial charge is 0.365 e. The Hall–Kier alpha value is -2.60. The Morgan fingerprint density at radius 1 is 1.44 bits per heavy atom. The number of ether oxygens (including phenoxy) is 1. The van der Waals surface area contributed by atoms with Crippen LogP contribution < -0.4 is 5.32 Å². The van der Waals surface area contributed by atoms with Crippen LogP contribution in [-0.2, 0) is 20.7 Å². The van der Waals surface area contributed by atoms with E-state index < -0.39 is 6.10 Å². The van der Waals surface area contributed by atoms with Gasteiger partial charge in [0.25, 0.3) is 5.91 Å². The van der Waals surface area contributed by atoms with E-state index in [4.69, 9.17) is 4.74 Å². The molecule has 0 aliphatic carbocycles. The van der Waals surface area contributed by atoms with Gasteiger partial charge in [0.2, 0.25) is 5.91 Å². The summed E-state index contributed by atoms with van der Waals surface area (Å²) >= 11 is 0. The van der Waals surface area contributed by atoms with Crippen LogP contribution in [0.1, 0.15) is 11.3 Å². The van der Waals surface area contributed by atoms with Crippen LogP contribution in [0.15, 0.2) is 36.9 Å². The molecule has 1 aromatic carbocycles. The fraction of sp³-hybridized carbons (Fsp3) is 0.368. The maximum Gasteiger partial charge on any atom is 0.251 e. The summed E-state index contributed by atoms with van der Waals surface area (Å²) in [5, 5.41) is 4.10. The second-order valence-corrected chi connectivity index (χ2v) is 6.16. The lowest BCUT2D eigenvalue weighted by Gasteiger charge is -2.31. The number of carbonyl (C=O) groups is 2. The third-order valence-corrected chi connectivity index (χ3v) is 4.55. The van der Waals surface area contributed by atoms with Gasteiger partial charge in [-0.3, -0.25) is 9.59 Å². The molecule has 0 radical (unpaired) electrons. The van der Waals surface area contributed by atoms with Crippen LogP contribution in [0.5, 0.6) is 0 Å². The summed E-state index contributed by atoms with van der Waals surface area (Å²) in [5.74, 6) is -0.352. The van der Waals surface area contributed by atoms with Crippen molar-refractivity contribution in [3.05, 3.63) is 48.2 Å². The molecule has 0 saturated carbocycles. The van der Waals surface area contributed by atoms with Gasteiger partial charge < -0.3 is 19.9 Å². The minimum atomic E-state index is -0.623. The van der Waals surface area contributed by atoms with Crippen LogP contribution in [0.25, 0.3) is 10.9 Å². The second kappa shape index (κ2) is 7.53. The van der Waals surface area contributed by atoms with Crippen molar-refractivity contribution in [1.29, 1.82) is 0 Å². The van der Waals surface area contributed by atoms with Crippen molar-refractivity contribution < 1.29 is 14.3 Å². The summed E-state index contributed by atoms with van der Waals surface area (Å²) in [6.07, 6.45) is 1.38. The average Bonchev–Trinajstić information content (AvgIpc) is 2.96. The highest BCUT2D eigenvalue weighted by atomic mass is 16.5. The third kappa shape index (κ3) is 3.74. The van der Waals surface area contributed by atoms with Crippen LogP contribution in [-0.4, -0.2) is 54.0 Å². The summed E-state index contributed by atoms with van der Waals surface area (Å²) in [7, 11) is 0.